The normalized spacial score (nSPS) is 13.3. The van der Waals surface area contributed by atoms with Gasteiger partial charge in [-0.15, -0.1) is 21.5 Å². The van der Waals surface area contributed by atoms with Crippen LogP contribution in [0.5, 0.6) is 0 Å². The van der Waals surface area contributed by atoms with Gasteiger partial charge in [0.25, 0.3) is 0 Å². The number of thiophene rings is 1. The van der Waals surface area contributed by atoms with E-state index in [9.17, 15) is 0 Å². The SMILES string of the molecule is Cc1c(Br)sc2c1C(c1ccc(Cl)cc1)=NCc1nnc(C)n1-2. The number of aliphatic imine (C=N–C) groups is 1. The fraction of sp³-hybridized carbons (Fsp3) is 0.188. The molecule has 0 atom stereocenters. The third-order valence-corrected chi connectivity index (χ3v) is 6.30. The van der Waals surface area contributed by atoms with E-state index >= 15 is 0 Å². The van der Waals surface area contributed by atoms with Crippen molar-refractivity contribution in [1.82, 2.24) is 14.8 Å². The Kier molecular flexibility index (Phi) is 3.63. The molecular formula is C16H12BrClN4S. The third-order valence-electron chi connectivity index (χ3n) is 3.90. The van der Waals surface area contributed by atoms with Gasteiger partial charge in [-0.3, -0.25) is 9.56 Å². The quantitative estimate of drug-likeness (QED) is 0.586. The molecule has 0 fully saturated rings. The highest BCUT2D eigenvalue weighted by molar-refractivity contribution is 9.11. The number of fused-ring (bicyclic) bond motifs is 3. The molecule has 0 radical (unpaired) electrons. The van der Waals surface area contributed by atoms with E-state index in [2.05, 4.69) is 37.6 Å². The Hall–Kier alpha value is -1.50. The van der Waals surface area contributed by atoms with Gasteiger partial charge in [-0.25, -0.2) is 0 Å². The van der Waals surface area contributed by atoms with E-state index < -0.39 is 0 Å². The van der Waals surface area contributed by atoms with Crippen LogP contribution in [0, 0.1) is 13.8 Å². The summed E-state index contributed by atoms with van der Waals surface area (Å²) in [4.78, 5) is 4.83. The van der Waals surface area contributed by atoms with E-state index in [1.807, 2.05) is 31.2 Å². The minimum Gasteiger partial charge on any atom is -0.276 e. The Labute approximate surface area is 151 Å². The first kappa shape index (κ1) is 15.1. The van der Waals surface area contributed by atoms with Gasteiger partial charge in [0.05, 0.1) is 9.50 Å². The number of benzene rings is 1. The van der Waals surface area contributed by atoms with Crippen LogP contribution in [0.15, 0.2) is 33.0 Å². The molecule has 1 aliphatic heterocycles. The lowest BCUT2D eigenvalue weighted by Crippen LogP contribution is -2.06. The van der Waals surface area contributed by atoms with Crippen LogP contribution in [0.4, 0.5) is 0 Å². The molecule has 0 bridgehead atoms. The zero-order valence-electron chi connectivity index (χ0n) is 12.5. The van der Waals surface area contributed by atoms with E-state index in [0.717, 1.165) is 42.3 Å². The number of halogens is 2. The average Bonchev–Trinajstić information content (AvgIpc) is 2.97. The maximum atomic E-state index is 6.03. The van der Waals surface area contributed by atoms with Crippen molar-refractivity contribution in [3.05, 3.63) is 61.4 Å². The molecule has 0 N–H and O–H groups in total. The largest absolute Gasteiger partial charge is 0.276 e. The van der Waals surface area contributed by atoms with Gasteiger partial charge in [0.15, 0.2) is 5.82 Å². The van der Waals surface area contributed by atoms with E-state index in [1.54, 1.807) is 11.3 Å². The molecule has 7 heteroatoms. The number of hydrogen-bond acceptors (Lipinski definition) is 4. The summed E-state index contributed by atoms with van der Waals surface area (Å²) in [6.07, 6.45) is 0. The first-order valence-electron chi connectivity index (χ1n) is 7.07. The minimum absolute atomic E-state index is 0.511. The summed E-state index contributed by atoms with van der Waals surface area (Å²) in [5, 5.41) is 10.3. The molecule has 1 aliphatic rings. The summed E-state index contributed by atoms with van der Waals surface area (Å²) in [6, 6.07) is 7.81. The number of hydrogen-bond donors (Lipinski definition) is 0. The van der Waals surface area contributed by atoms with Crippen molar-refractivity contribution in [2.45, 2.75) is 20.4 Å². The molecule has 0 unspecified atom stereocenters. The minimum atomic E-state index is 0.511. The van der Waals surface area contributed by atoms with E-state index in [1.165, 1.54) is 5.56 Å². The van der Waals surface area contributed by atoms with Crippen LogP contribution in [-0.2, 0) is 6.54 Å². The van der Waals surface area contributed by atoms with Crippen molar-refractivity contribution in [3.63, 3.8) is 0 Å². The highest BCUT2D eigenvalue weighted by Gasteiger charge is 2.26. The molecule has 4 rings (SSSR count). The van der Waals surface area contributed by atoms with Crippen LogP contribution in [0.1, 0.15) is 28.3 Å². The Morgan fingerprint density at radius 3 is 2.65 bits per heavy atom. The van der Waals surface area contributed by atoms with Crippen molar-refractivity contribution in [2.24, 2.45) is 4.99 Å². The highest BCUT2D eigenvalue weighted by atomic mass is 79.9. The van der Waals surface area contributed by atoms with Gasteiger partial charge >= 0.3 is 0 Å². The molecule has 2 aromatic heterocycles. The van der Waals surface area contributed by atoms with E-state index in [-0.39, 0.29) is 0 Å². The molecule has 1 aromatic carbocycles. The van der Waals surface area contributed by atoms with Gasteiger partial charge in [0, 0.05) is 16.1 Å². The summed E-state index contributed by atoms with van der Waals surface area (Å²) < 4.78 is 3.20. The molecule has 0 aliphatic carbocycles. The standard InChI is InChI=1S/C16H12BrClN4S/c1-8-13-14(10-3-5-11(18)6-4-10)19-7-12-21-20-9(2)22(12)16(13)23-15(8)17/h3-6H,7H2,1-2H3. The molecule has 3 aromatic rings. The maximum absolute atomic E-state index is 6.03. The van der Waals surface area contributed by atoms with Crippen LogP contribution < -0.4 is 0 Å². The summed E-state index contributed by atoms with van der Waals surface area (Å²) in [7, 11) is 0. The molecule has 0 spiro atoms. The van der Waals surface area contributed by atoms with Crippen LogP contribution in [0.2, 0.25) is 5.02 Å². The van der Waals surface area contributed by atoms with Gasteiger partial charge in [-0.1, -0.05) is 23.7 Å². The zero-order valence-corrected chi connectivity index (χ0v) is 15.6. The van der Waals surface area contributed by atoms with Crippen LogP contribution in [-0.4, -0.2) is 20.5 Å². The second-order valence-electron chi connectivity index (χ2n) is 5.35. The smallest absolute Gasteiger partial charge is 0.160 e. The lowest BCUT2D eigenvalue weighted by atomic mass is 10.0. The zero-order chi connectivity index (χ0) is 16.1. The average molecular weight is 408 g/mol. The molecule has 4 nitrogen and oxygen atoms in total. The summed E-state index contributed by atoms with van der Waals surface area (Å²) in [5.41, 5.74) is 4.34. The van der Waals surface area contributed by atoms with Crippen molar-refractivity contribution < 1.29 is 0 Å². The lowest BCUT2D eigenvalue weighted by Gasteiger charge is -2.09. The van der Waals surface area contributed by atoms with Crippen LogP contribution >= 0.6 is 38.9 Å². The summed E-state index contributed by atoms with van der Waals surface area (Å²) >= 11 is 11.4. The Morgan fingerprint density at radius 1 is 1.17 bits per heavy atom. The predicted octanol–water partition coefficient (Wildman–Crippen LogP) is 4.71. The Morgan fingerprint density at radius 2 is 1.91 bits per heavy atom. The first-order valence-corrected chi connectivity index (χ1v) is 9.06. The van der Waals surface area contributed by atoms with E-state index in [4.69, 9.17) is 16.6 Å². The molecule has 116 valence electrons. The number of aromatic nitrogens is 3. The Balaban J connectivity index is 2.00. The Bertz CT molecular complexity index is 940. The lowest BCUT2D eigenvalue weighted by molar-refractivity contribution is 0.869. The first-order chi connectivity index (χ1) is 11.1. The van der Waals surface area contributed by atoms with Gasteiger partial charge in [-0.05, 0) is 47.5 Å². The fourth-order valence-electron chi connectivity index (χ4n) is 2.75. The van der Waals surface area contributed by atoms with Crippen molar-refractivity contribution in [1.29, 1.82) is 0 Å². The van der Waals surface area contributed by atoms with Gasteiger partial charge < -0.3 is 0 Å². The highest BCUT2D eigenvalue weighted by Crippen LogP contribution is 2.39. The molecular weight excluding hydrogens is 396 g/mol. The van der Waals surface area contributed by atoms with Gasteiger partial charge in [-0.2, -0.15) is 0 Å². The second-order valence-corrected chi connectivity index (χ2v) is 8.10. The van der Waals surface area contributed by atoms with Gasteiger partial charge in [0.2, 0.25) is 0 Å². The number of nitrogens with zero attached hydrogens (tertiary/aromatic N) is 4. The second kappa shape index (κ2) is 5.54. The fourth-order valence-corrected chi connectivity index (χ4v) is 4.64. The number of aryl methyl sites for hydroxylation is 1. The van der Waals surface area contributed by atoms with Crippen molar-refractivity contribution in [3.8, 4) is 5.00 Å². The molecule has 0 saturated carbocycles. The van der Waals surface area contributed by atoms with Crippen LogP contribution in [0.25, 0.3) is 5.00 Å². The third kappa shape index (κ3) is 2.36. The topological polar surface area (TPSA) is 43.1 Å². The number of rotatable bonds is 1. The molecule has 0 amide bonds. The molecule has 3 heterocycles. The molecule has 23 heavy (non-hydrogen) atoms. The summed E-state index contributed by atoms with van der Waals surface area (Å²) in [5.74, 6) is 1.74. The van der Waals surface area contributed by atoms with Crippen molar-refractivity contribution >= 4 is 44.6 Å². The molecule has 0 saturated heterocycles. The monoisotopic (exact) mass is 406 g/mol. The maximum Gasteiger partial charge on any atom is 0.160 e. The van der Waals surface area contributed by atoms with Crippen LogP contribution in [0.3, 0.4) is 0 Å². The summed E-state index contributed by atoms with van der Waals surface area (Å²) in [6.45, 7) is 4.59. The van der Waals surface area contributed by atoms with Crippen molar-refractivity contribution in [2.75, 3.05) is 0 Å². The van der Waals surface area contributed by atoms with E-state index in [0.29, 0.717) is 6.54 Å². The predicted molar refractivity (Wildman–Crippen MR) is 97.2 cm³/mol. The van der Waals surface area contributed by atoms with Gasteiger partial charge in [0.1, 0.15) is 17.4 Å².